The van der Waals surface area contributed by atoms with E-state index in [0.717, 1.165) is 25.1 Å². The number of carbonyl (C=O) groups excluding carboxylic acids is 1. The minimum atomic E-state index is -0.137. The summed E-state index contributed by atoms with van der Waals surface area (Å²) in [4.78, 5) is 13.1. The highest BCUT2D eigenvalue weighted by atomic mass is 16.5. The second-order valence-electron chi connectivity index (χ2n) is 5.05. The lowest BCUT2D eigenvalue weighted by Crippen LogP contribution is -2.28. The maximum absolute atomic E-state index is 11.0. The van der Waals surface area contributed by atoms with Crippen LogP contribution in [0.1, 0.15) is 19.3 Å². The zero-order valence-electron chi connectivity index (χ0n) is 13.5. The van der Waals surface area contributed by atoms with Crippen LogP contribution in [-0.4, -0.2) is 38.8 Å². The van der Waals surface area contributed by atoms with Gasteiger partial charge in [0.05, 0.1) is 19.1 Å². The lowest BCUT2D eigenvalue weighted by Gasteiger charge is -2.23. The Balaban J connectivity index is 2.17. The van der Waals surface area contributed by atoms with Crippen molar-refractivity contribution in [3.63, 3.8) is 0 Å². The quantitative estimate of drug-likeness (QED) is 0.475. The zero-order valence-corrected chi connectivity index (χ0v) is 13.5. The van der Waals surface area contributed by atoms with Crippen molar-refractivity contribution in [3.8, 4) is 6.07 Å². The van der Waals surface area contributed by atoms with E-state index in [1.165, 1.54) is 6.08 Å². The molecule has 1 aromatic carbocycles. The van der Waals surface area contributed by atoms with Crippen molar-refractivity contribution in [2.75, 3.05) is 37.7 Å². The minimum Gasteiger partial charge on any atom is -0.380 e. The lowest BCUT2D eigenvalue weighted by atomic mass is 10.2. The van der Waals surface area contributed by atoms with E-state index >= 15 is 0 Å². The molecule has 124 valence electrons. The summed E-state index contributed by atoms with van der Waals surface area (Å²) in [7, 11) is 0. The molecule has 0 saturated heterocycles. The Kier molecular flexibility index (Phi) is 9.97. The van der Waals surface area contributed by atoms with Crippen LogP contribution < -0.4 is 10.2 Å². The molecular formula is C18H25N3O2. The van der Waals surface area contributed by atoms with Crippen molar-refractivity contribution in [1.82, 2.24) is 5.32 Å². The van der Waals surface area contributed by atoms with Crippen LogP contribution in [0.25, 0.3) is 0 Å². The number of hydrogen-bond acceptors (Lipinski definition) is 4. The standard InChI is InChI=1S/C18H25N3O2/c1-2-18(22)20-12-6-7-15-23-16-14-21(13-8-11-19)17-9-4-3-5-10-17/h2-5,9-10H,1,6-8,12-16H2,(H,20,22). The fraction of sp³-hybridized carbons (Fsp3) is 0.444. The Hall–Kier alpha value is -2.32. The van der Waals surface area contributed by atoms with Gasteiger partial charge >= 0.3 is 0 Å². The van der Waals surface area contributed by atoms with Crippen LogP contribution in [0.4, 0.5) is 5.69 Å². The minimum absolute atomic E-state index is 0.137. The first-order valence-corrected chi connectivity index (χ1v) is 7.93. The van der Waals surface area contributed by atoms with Crippen LogP contribution in [0.5, 0.6) is 0 Å². The van der Waals surface area contributed by atoms with Gasteiger partial charge in [0, 0.05) is 31.9 Å². The van der Waals surface area contributed by atoms with Crippen LogP contribution in [0.3, 0.4) is 0 Å². The second-order valence-corrected chi connectivity index (χ2v) is 5.05. The van der Waals surface area contributed by atoms with Gasteiger partial charge in [-0.25, -0.2) is 0 Å². The van der Waals surface area contributed by atoms with Gasteiger partial charge in [-0.05, 0) is 31.1 Å². The Morgan fingerprint density at radius 1 is 1.26 bits per heavy atom. The molecule has 0 unspecified atom stereocenters. The van der Waals surface area contributed by atoms with E-state index in [9.17, 15) is 4.79 Å². The number of nitrogens with one attached hydrogen (secondary N) is 1. The number of ether oxygens (including phenoxy) is 1. The highest BCUT2D eigenvalue weighted by Crippen LogP contribution is 2.13. The third kappa shape index (κ3) is 8.64. The van der Waals surface area contributed by atoms with Crippen molar-refractivity contribution in [2.24, 2.45) is 0 Å². The number of unbranched alkanes of at least 4 members (excludes halogenated alkanes) is 1. The summed E-state index contributed by atoms with van der Waals surface area (Å²) < 4.78 is 5.64. The molecule has 23 heavy (non-hydrogen) atoms. The van der Waals surface area contributed by atoms with Crippen molar-refractivity contribution >= 4 is 11.6 Å². The van der Waals surface area contributed by atoms with Crippen LogP contribution >= 0.6 is 0 Å². The van der Waals surface area contributed by atoms with E-state index in [1.807, 2.05) is 30.3 Å². The van der Waals surface area contributed by atoms with Crippen LogP contribution in [-0.2, 0) is 9.53 Å². The highest BCUT2D eigenvalue weighted by Gasteiger charge is 2.05. The summed E-state index contributed by atoms with van der Waals surface area (Å²) in [5.74, 6) is -0.137. The topological polar surface area (TPSA) is 65.4 Å². The summed E-state index contributed by atoms with van der Waals surface area (Å²) in [6.07, 6.45) is 3.56. The van der Waals surface area contributed by atoms with Gasteiger partial charge in [-0.3, -0.25) is 4.79 Å². The van der Waals surface area contributed by atoms with E-state index in [0.29, 0.717) is 32.7 Å². The number of benzene rings is 1. The second kappa shape index (κ2) is 12.2. The molecule has 0 heterocycles. The first-order chi connectivity index (χ1) is 11.3. The Labute approximate surface area is 138 Å². The number of nitrogens with zero attached hydrogens (tertiary/aromatic N) is 2. The number of nitriles is 1. The third-order valence-electron chi connectivity index (χ3n) is 3.32. The Bertz CT molecular complexity index is 497. The fourth-order valence-electron chi connectivity index (χ4n) is 2.08. The van der Waals surface area contributed by atoms with Crippen LogP contribution in [0, 0.1) is 11.3 Å². The average molecular weight is 315 g/mol. The molecule has 5 heteroatoms. The summed E-state index contributed by atoms with van der Waals surface area (Å²) in [5, 5.41) is 11.5. The first-order valence-electron chi connectivity index (χ1n) is 7.93. The van der Waals surface area contributed by atoms with Crippen molar-refractivity contribution in [1.29, 1.82) is 5.26 Å². The van der Waals surface area contributed by atoms with E-state index in [1.54, 1.807) is 0 Å². The smallest absolute Gasteiger partial charge is 0.243 e. The molecule has 0 saturated carbocycles. The zero-order chi connectivity index (χ0) is 16.8. The molecule has 0 bridgehead atoms. The molecule has 5 nitrogen and oxygen atoms in total. The Morgan fingerprint density at radius 3 is 2.74 bits per heavy atom. The molecule has 1 rings (SSSR count). The molecule has 0 aliphatic heterocycles. The van der Waals surface area contributed by atoms with Crippen molar-refractivity contribution in [3.05, 3.63) is 43.0 Å². The molecule has 0 spiro atoms. The number of para-hydroxylation sites is 1. The van der Waals surface area contributed by atoms with E-state index in [-0.39, 0.29) is 5.91 Å². The molecule has 0 aromatic heterocycles. The predicted molar refractivity (Wildman–Crippen MR) is 92.1 cm³/mol. The first kappa shape index (κ1) is 18.7. The number of hydrogen-bond donors (Lipinski definition) is 1. The molecule has 0 fully saturated rings. The molecule has 0 radical (unpaired) electrons. The highest BCUT2D eigenvalue weighted by molar-refractivity contribution is 5.86. The van der Waals surface area contributed by atoms with Gasteiger partial charge in [0.2, 0.25) is 5.91 Å². The average Bonchev–Trinajstić information content (AvgIpc) is 2.60. The SMILES string of the molecule is C=CC(=O)NCCCCOCCN(CCC#N)c1ccccc1. The predicted octanol–water partition coefficient (Wildman–Crippen LogP) is 2.51. The summed E-state index contributed by atoms with van der Waals surface area (Å²) in [6, 6.07) is 12.2. The number of anilines is 1. The normalized spacial score (nSPS) is 9.87. The van der Waals surface area contributed by atoms with Gasteiger partial charge in [-0.2, -0.15) is 5.26 Å². The summed E-state index contributed by atoms with van der Waals surface area (Å²) >= 11 is 0. The summed E-state index contributed by atoms with van der Waals surface area (Å²) in [5.41, 5.74) is 1.11. The van der Waals surface area contributed by atoms with E-state index in [2.05, 4.69) is 22.9 Å². The largest absolute Gasteiger partial charge is 0.380 e. The lowest BCUT2D eigenvalue weighted by molar-refractivity contribution is -0.116. The van der Waals surface area contributed by atoms with Gasteiger partial charge in [0.25, 0.3) is 0 Å². The molecule has 0 aliphatic carbocycles. The van der Waals surface area contributed by atoms with Crippen molar-refractivity contribution in [2.45, 2.75) is 19.3 Å². The van der Waals surface area contributed by atoms with Gasteiger partial charge < -0.3 is 15.0 Å². The fourth-order valence-corrected chi connectivity index (χ4v) is 2.08. The monoisotopic (exact) mass is 315 g/mol. The van der Waals surface area contributed by atoms with Gasteiger partial charge in [-0.1, -0.05) is 24.8 Å². The maximum atomic E-state index is 11.0. The molecular weight excluding hydrogens is 290 g/mol. The number of carbonyl (C=O) groups is 1. The van der Waals surface area contributed by atoms with Gasteiger partial charge in [-0.15, -0.1) is 0 Å². The molecule has 1 N–H and O–H groups in total. The van der Waals surface area contributed by atoms with Crippen LogP contribution in [0.2, 0.25) is 0 Å². The molecule has 0 aliphatic rings. The van der Waals surface area contributed by atoms with E-state index in [4.69, 9.17) is 10.00 Å². The molecule has 1 amide bonds. The molecule has 0 atom stereocenters. The number of amides is 1. The third-order valence-corrected chi connectivity index (χ3v) is 3.32. The van der Waals surface area contributed by atoms with Gasteiger partial charge in [0.15, 0.2) is 0 Å². The van der Waals surface area contributed by atoms with Crippen molar-refractivity contribution < 1.29 is 9.53 Å². The maximum Gasteiger partial charge on any atom is 0.243 e. The van der Waals surface area contributed by atoms with E-state index < -0.39 is 0 Å². The summed E-state index contributed by atoms with van der Waals surface area (Å²) in [6.45, 7) is 6.81. The van der Waals surface area contributed by atoms with Gasteiger partial charge in [0.1, 0.15) is 0 Å². The van der Waals surface area contributed by atoms with Crippen LogP contribution in [0.15, 0.2) is 43.0 Å². The number of rotatable bonds is 12. The Morgan fingerprint density at radius 2 is 2.04 bits per heavy atom. The molecule has 1 aromatic rings.